The minimum absolute atomic E-state index is 0.466. The molecule has 0 aromatic heterocycles. The van der Waals surface area contributed by atoms with Gasteiger partial charge in [-0.2, -0.15) is 0 Å². The predicted molar refractivity (Wildman–Crippen MR) is 82.6 cm³/mol. The van der Waals surface area contributed by atoms with E-state index in [0.717, 1.165) is 22.4 Å². The molecule has 0 heterocycles. The zero-order valence-electron chi connectivity index (χ0n) is 10.7. The molecule has 0 aliphatic heterocycles. The highest BCUT2D eigenvalue weighted by Gasteiger charge is 2.09. The van der Waals surface area contributed by atoms with Gasteiger partial charge in [0.2, 0.25) is 0 Å². The summed E-state index contributed by atoms with van der Waals surface area (Å²) in [4.78, 5) is 0. The van der Waals surface area contributed by atoms with Gasteiger partial charge in [0, 0.05) is 27.3 Å². The van der Waals surface area contributed by atoms with E-state index in [0.29, 0.717) is 16.5 Å². The van der Waals surface area contributed by atoms with Crippen LogP contribution in [0.2, 0.25) is 5.02 Å². The normalized spacial score (nSPS) is 12.3. The van der Waals surface area contributed by atoms with Crippen LogP contribution in [-0.2, 0) is 22.3 Å². The van der Waals surface area contributed by atoms with Gasteiger partial charge in [0.15, 0.2) is 0 Å². The first kappa shape index (κ1) is 14.1. The summed E-state index contributed by atoms with van der Waals surface area (Å²) in [6.07, 6.45) is 0. The summed E-state index contributed by atoms with van der Waals surface area (Å²) in [5.74, 6) is 0.968. The highest BCUT2D eigenvalue weighted by molar-refractivity contribution is 7.83. The Morgan fingerprint density at radius 1 is 1.05 bits per heavy atom. The van der Waals surface area contributed by atoms with E-state index in [9.17, 15) is 4.21 Å². The molecule has 19 heavy (non-hydrogen) atoms. The molecular weight excluding hydrogens is 278 g/mol. The topological polar surface area (TPSA) is 43.1 Å². The van der Waals surface area contributed by atoms with Crippen molar-refractivity contribution in [2.45, 2.75) is 18.4 Å². The second-order valence-electron chi connectivity index (χ2n) is 4.45. The molecule has 0 aliphatic carbocycles. The summed E-state index contributed by atoms with van der Waals surface area (Å²) >= 11 is 6.07. The van der Waals surface area contributed by atoms with Gasteiger partial charge in [0.05, 0.1) is 5.75 Å². The van der Waals surface area contributed by atoms with Gasteiger partial charge >= 0.3 is 0 Å². The molecule has 0 radical (unpaired) electrons. The SMILES string of the molecule is Cc1c(N)cccc1CS(=O)Cc1ccccc1Cl. The number of hydrogen-bond acceptors (Lipinski definition) is 2. The number of benzene rings is 2. The highest BCUT2D eigenvalue weighted by Crippen LogP contribution is 2.20. The minimum atomic E-state index is -0.991. The summed E-state index contributed by atoms with van der Waals surface area (Å²) in [7, 11) is -0.991. The van der Waals surface area contributed by atoms with Crippen LogP contribution >= 0.6 is 11.6 Å². The van der Waals surface area contributed by atoms with Gasteiger partial charge in [-0.05, 0) is 35.7 Å². The number of nitrogen functional groups attached to an aromatic ring is 1. The molecule has 2 nitrogen and oxygen atoms in total. The van der Waals surface area contributed by atoms with Gasteiger partial charge in [-0.25, -0.2) is 0 Å². The molecule has 0 amide bonds. The molecule has 0 bridgehead atoms. The third-order valence-corrected chi connectivity index (χ3v) is 4.71. The van der Waals surface area contributed by atoms with Crippen LogP contribution in [0.3, 0.4) is 0 Å². The van der Waals surface area contributed by atoms with E-state index >= 15 is 0 Å². The average molecular weight is 294 g/mol. The van der Waals surface area contributed by atoms with Crippen LogP contribution in [0.1, 0.15) is 16.7 Å². The van der Waals surface area contributed by atoms with Crippen LogP contribution in [0.5, 0.6) is 0 Å². The lowest BCUT2D eigenvalue weighted by Crippen LogP contribution is -2.03. The van der Waals surface area contributed by atoms with Crippen LogP contribution in [0.15, 0.2) is 42.5 Å². The summed E-state index contributed by atoms with van der Waals surface area (Å²) in [6, 6.07) is 13.2. The number of rotatable bonds is 4. The zero-order chi connectivity index (χ0) is 13.8. The Labute approximate surface area is 121 Å². The molecule has 100 valence electrons. The summed E-state index contributed by atoms with van der Waals surface area (Å²) in [5.41, 5.74) is 9.56. The van der Waals surface area contributed by atoms with Crippen molar-refractivity contribution >= 4 is 28.1 Å². The average Bonchev–Trinajstić information content (AvgIpc) is 2.38. The Morgan fingerprint density at radius 3 is 2.42 bits per heavy atom. The summed E-state index contributed by atoms with van der Waals surface area (Å²) < 4.78 is 12.2. The standard InChI is InChI=1S/C15H16ClNOS/c1-11-12(6-4-8-15(11)17)9-19(18)10-13-5-2-3-7-14(13)16/h2-8H,9-10,17H2,1H3. The maximum absolute atomic E-state index is 12.2. The van der Waals surface area contributed by atoms with Crippen molar-refractivity contribution in [3.05, 3.63) is 64.2 Å². The van der Waals surface area contributed by atoms with Crippen LogP contribution in [-0.4, -0.2) is 4.21 Å². The first-order valence-electron chi connectivity index (χ1n) is 6.00. The van der Waals surface area contributed by atoms with Crippen LogP contribution in [0.4, 0.5) is 5.69 Å². The fourth-order valence-electron chi connectivity index (χ4n) is 1.87. The first-order valence-corrected chi connectivity index (χ1v) is 7.87. The Hall–Kier alpha value is -1.32. The van der Waals surface area contributed by atoms with E-state index in [1.54, 1.807) is 0 Å². The molecule has 0 fully saturated rings. The molecule has 2 aromatic rings. The van der Waals surface area contributed by atoms with Gasteiger partial charge in [-0.15, -0.1) is 0 Å². The lowest BCUT2D eigenvalue weighted by Gasteiger charge is -2.09. The quantitative estimate of drug-likeness (QED) is 0.874. The van der Waals surface area contributed by atoms with Crippen molar-refractivity contribution in [1.82, 2.24) is 0 Å². The Morgan fingerprint density at radius 2 is 1.68 bits per heavy atom. The van der Waals surface area contributed by atoms with Crippen molar-refractivity contribution in [3.63, 3.8) is 0 Å². The maximum Gasteiger partial charge on any atom is 0.0503 e. The number of halogens is 1. The van der Waals surface area contributed by atoms with Gasteiger partial charge < -0.3 is 5.73 Å². The molecule has 2 rings (SSSR count). The molecule has 2 N–H and O–H groups in total. The van der Waals surface area contributed by atoms with Crippen molar-refractivity contribution < 1.29 is 4.21 Å². The summed E-state index contributed by atoms with van der Waals surface area (Å²) in [6.45, 7) is 1.96. The number of anilines is 1. The monoisotopic (exact) mass is 293 g/mol. The van der Waals surface area contributed by atoms with E-state index in [1.165, 1.54) is 0 Å². The van der Waals surface area contributed by atoms with Gasteiger partial charge in [-0.1, -0.05) is 41.9 Å². The second-order valence-corrected chi connectivity index (χ2v) is 6.32. The van der Waals surface area contributed by atoms with Crippen molar-refractivity contribution in [2.24, 2.45) is 0 Å². The maximum atomic E-state index is 12.2. The van der Waals surface area contributed by atoms with E-state index in [-0.39, 0.29) is 0 Å². The van der Waals surface area contributed by atoms with Crippen molar-refractivity contribution in [1.29, 1.82) is 0 Å². The predicted octanol–water partition coefficient (Wildman–Crippen LogP) is 3.68. The van der Waals surface area contributed by atoms with Crippen LogP contribution in [0.25, 0.3) is 0 Å². The molecule has 1 atom stereocenters. The fourth-order valence-corrected chi connectivity index (χ4v) is 3.52. The molecule has 0 saturated carbocycles. The smallest absolute Gasteiger partial charge is 0.0503 e. The lowest BCUT2D eigenvalue weighted by atomic mass is 10.1. The van der Waals surface area contributed by atoms with E-state index in [1.807, 2.05) is 49.4 Å². The van der Waals surface area contributed by atoms with Crippen molar-refractivity contribution in [2.75, 3.05) is 5.73 Å². The Balaban J connectivity index is 2.10. The highest BCUT2D eigenvalue weighted by atomic mass is 35.5. The molecule has 0 saturated heterocycles. The fraction of sp³-hybridized carbons (Fsp3) is 0.200. The Bertz CT molecular complexity index is 613. The molecular formula is C15H16ClNOS. The van der Waals surface area contributed by atoms with Crippen molar-refractivity contribution in [3.8, 4) is 0 Å². The largest absolute Gasteiger partial charge is 0.399 e. The molecule has 2 aromatic carbocycles. The van der Waals surface area contributed by atoms with Gasteiger partial charge in [0.1, 0.15) is 0 Å². The van der Waals surface area contributed by atoms with Crippen LogP contribution in [0, 0.1) is 6.92 Å². The lowest BCUT2D eigenvalue weighted by molar-refractivity contribution is 0.682. The first-order chi connectivity index (χ1) is 9.08. The van der Waals surface area contributed by atoms with E-state index in [2.05, 4.69) is 0 Å². The molecule has 0 spiro atoms. The second kappa shape index (κ2) is 6.22. The van der Waals surface area contributed by atoms with Crippen LogP contribution < -0.4 is 5.73 Å². The third kappa shape index (κ3) is 3.58. The number of nitrogens with two attached hydrogens (primary N) is 1. The zero-order valence-corrected chi connectivity index (χ0v) is 12.3. The molecule has 4 heteroatoms. The van der Waals surface area contributed by atoms with Gasteiger partial charge in [-0.3, -0.25) is 4.21 Å². The summed E-state index contributed by atoms with van der Waals surface area (Å²) in [5, 5.41) is 0.667. The third-order valence-electron chi connectivity index (χ3n) is 3.08. The molecule has 0 aliphatic rings. The Kier molecular flexibility index (Phi) is 4.61. The van der Waals surface area contributed by atoms with E-state index in [4.69, 9.17) is 17.3 Å². The van der Waals surface area contributed by atoms with Gasteiger partial charge in [0.25, 0.3) is 0 Å². The number of hydrogen-bond donors (Lipinski definition) is 1. The molecule has 1 unspecified atom stereocenters. The van der Waals surface area contributed by atoms with E-state index < -0.39 is 10.8 Å². The minimum Gasteiger partial charge on any atom is -0.399 e.